The lowest BCUT2D eigenvalue weighted by molar-refractivity contribution is -0.149. The van der Waals surface area contributed by atoms with E-state index >= 15 is 0 Å². The predicted molar refractivity (Wildman–Crippen MR) is 113 cm³/mol. The summed E-state index contributed by atoms with van der Waals surface area (Å²) in [5, 5.41) is 10.6. The highest BCUT2D eigenvalue weighted by Crippen LogP contribution is 2.38. The van der Waals surface area contributed by atoms with Crippen LogP contribution in [0.2, 0.25) is 0 Å². The highest BCUT2D eigenvalue weighted by atomic mass is 19.1. The molecule has 0 radical (unpaired) electrons. The summed E-state index contributed by atoms with van der Waals surface area (Å²) in [6, 6.07) is 5.86. The monoisotopic (exact) mass is 440 g/mol. The van der Waals surface area contributed by atoms with Crippen LogP contribution in [0.1, 0.15) is 58.5 Å². The second-order valence-corrected chi connectivity index (χ2v) is 8.88. The first-order chi connectivity index (χ1) is 15.4. The lowest BCUT2D eigenvalue weighted by Crippen LogP contribution is -2.61. The van der Waals surface area contributed by atoms with E-state index < -0.39 is 29.1 Å². The molecule has 3 atom stereocenters. The molecule has 8 heteroatoms. The maximum atomic E-state index is 13.3. The summed E-state index contributed by atoms with van der Waals surface area (Å²) >= 11 is 0. The normalized spacial score (nSPS) is 24.5. The average Bonchev–Trinajstić information content (AvgIpc) is 2.80. The Balaban J connectivity index is 1.42. The number of ether oxygens (including phenoxy) is 1. The highest BCUT2D eigenvalue weighted by Gasteiger charge is 2.46. The fourth-order valence-corrected chi connectivity index (χ4v) is 5.25. The zero-order valence-electron chi connectivity index (χ0n) is 17.6. The fourth-order valence-electron chi connectivity index (χ4n) is 5.25. The van der Waals surface area contributed by atoms with Gasteiger partial charge in [-0.3, -0.25) is 14.4 Å². The number of carbonyl (C=O) groups excluding carboxylic acids is 2. The van der Waals surface area contributed by atoms with E-state index in [9.17, 15) is 23.9 Å². The molecule has 1 aromatic heterocycles. The molecule has 0 spiro atoms. The van der Waals surface area contributed by atoms with E-state index in [2.05, 4.69) is 0 Å². The summed E-state index contributed by atoms with van der Waals surface area (Å²) in [6.07, 6.45) is 5.31. The Morgan fingerprint density at radius 1 is 1.16 bits per heavy atom. The van der Waals surface area contributed by atoms with Gasteiger partial charge in [0.25, 0.3) is 5.91 Å². The van der Waals surface area contributed by atoms with Gasteiger partial charge in [0.05, 0.1) is 18.7 Å². The molecule has 3 heterocycles. The van der Waals surface area contributed by atoms with Gasteiger partial charge in [0, 0.05) is 24.6 Å². The molecule has 1 amide bonds. The van der Waals surface area contributed by atoms with Gasteiger partial charge in [-0.25, -0.2) is 4.39 Å². The number of carbonyl (C=O) groups is 2. The molecule has 3 aliphatic rings. The smallest absolute Gasteiger partial charge is 0.276 e. The Morgan fingerprint density at radius 2 is 1.91 bits per heavy atom. The van der Waals surface area contributed by atoms with Crippen molar-refractivity contribution < 1.29 is 23.8 Å². The molecule has 2 fully saturated rings. The van der Waals surface area contributed by atoms with Crippen molar-refractivity contribution in [2.75, 3.05) is 6.61 Å². The molecule has 32 heavy (non-hydrogen) atoms. The van der Waals surface area contributed by atoms with Gasteiger partial charge in [0.2, 0.25) is 5.43 Å². The number of ketones is 1. The van der Waals surface area contributed by atoms with Gasteiger partial charge >= 0.3 is 0 Å². The van der Waals surface area contributed by atoms with Crippen LogP contribution in [-0.4, -0.2) is 45.1 Å². The minimum atomic E-state index is -0.828. The molecule has 7 nitrogen and oxygen atoms in total. The second kappa shape index (κ2) is 8.16. The first-order valence-corrected chi connectivity index (χ1v) is 11.1. The number of aromatic hydroxyl groups is 1. The van der Waals surface area contributed by atoms with Gasteiger partial charge in [0.15, 0.2) is 23.5 Å². The van der Waals surface area contributed by atoms with Crippen molar-refractivity contribution in [2.24, 2.45) is 5.92 Å². The Hall–Kier alpha value is -3.00. The average molecular weight is 440 g/mol. The van der Waals surface area contributed by atoms with Gasteiger partial charge in [0.1, 0.15) is 5.82 Å². The van der Waals surface area contributed by atoms with Crippen molar-refractivity contribution in [3.8, 4) is 5.75 Å². The number of fused-ring (bicyclic) bond motifs is 4. The van der Waals surface area contributed by atoms with Crippen molar-refractivity contribution in [2.45, 2.75) is 57.3 Å². The molecule has 1 N–H and O–H groups in total. The van der Waals surface area contributed by atoms with Crippen LogP contribution in [0.25, 0.3) is 0 Å². The summed E-state index contributed by atoms with van der Waals surface area (Å²) in [5.74, 6) is -1.62. The largest absolute Gasteiger partial charge is 0.503 e. The number of hydrogen-bond donors (Lipinski definition) is 1. The summed E-state index contributed by atoms with van der Waals surface area (Å²) in [6.45, 7) is 0.848. The summed E-state index contributed by atoms with van der Waals surface area (Å²) in [4.78, 5) is 40.6. The van der Waals surface area contributed by atoms with Crippen molar-refractivity contribution in [3.05, 3.63) is 63.3 Å². The van der Waals surface area contributed by atoms with E-state index in [1.54, 1.807) is 17.0 Å². The number of rotatable bonds is 4. The Bertz CT molecular complexity index is 1130. The van der Waals surface area contributed by atoms with Crippen LogP contribution in [0.5, 0.6) is 5.75 Å². The SMILES string of the molecule is O=C(CCc1ccc(F)cc1)c1cn2c(c(O)c1=O)C(=O)N1[C@@H](C2)OC[C@@H]2CCCC[C@@H]21. The maximum Gasteiger partial charge on any atom is 0.276 e. The second-order valence-electron chi connectivity index (χ2n) is 8.88. The third-order valence-electron chi connectivity index (χ3n) is 6.94. The van der Waals surface area contributed by atoms with Crippen LogP contribution in [0.3, 0.4) is 0 Å². The quantitative estimate of drug-likeness (QED) is 0.739. The number of aromatic nitrogens is 1. The molecule has 5 rings (SSSR count). The molecule has 1 saturated heterocycles. The first kappa shape index (κ1) is 20.9. The van der Waals surface area contributed by atoms with E-state index in [-0.39, 0.29) is 42.0 Å². The number of halogens is 1. The van der Waals surface area contributed by atoms with E-state index in [1.165, 1.54) is 22.9 Å². The molecule has 0 bridgehead atoms. The number of amides is 1. The standard InChI is InChI=1S/C24H25FN2O5/c25-16-8-5-14(6-9-16)7-10-19(28)17-11-26-12-20-27(24(31)21(26)23(30)22(17)29)18-4-2-1-3-15(18)13-32-20/h5-6,8-9,11,15,18,20,30H,1-4,7,10,12-13H2/t15-,18-,20+/m0/s1. The third kappa shape index (κ3) is 3.52. The zero-order chi connectivity index (χ0) is 22.4. The number of nitrogens with zero attached hydrogens (tertiary/aromatic N) is 2. The minimum Gasteiger partial charge on any atom is -0.503 e. The van der Waals surface area contributed by atoms with Crippen LogP contribution >= 0.6 is 0 Å². The number of aryl methyl sites for hydroxylation is 1. The number of hydrogen-bond acceptors (Lipinski definition) is 5. The Morgan fingerprint density at radius 3 is 2.69 bits per heavy atom. The van der Waals surface area contributed by atoms with Gasteiger partial charge < -0.3 is 19.3 Å². The lowest BCUT2D eigenvalue weighted by atomic mass is 9.82. The van der Waals surface area contributed by atoms with Gasteiger partial charge in [-0.15, -0.1) is 0 Å². The highest BCUT2D eigenvalue weighted by molar-refractivity contribution is 6.00. The first-order valence-electron chi connectivity index (χ1n) is 11.1. The topological polar surface area (TPSA) is 88.8 Å². The molecule has 1 saturated carbocycles. The minimum absolute atomic E-state index is 0.0312. The number of Topliss-reactive ketones (excluding diaryl/α,β-unsaturated/α-hetero) is 1. The molecule has 2 aliphatic heterocycles. The van der Waals surface area contributed by atoms with Crippen LogP contribution in [0.4, 0.5) is 4.39 Å². The van der Waals surface area contributed by atoms with Gasteiger partial charge in [-0.1, -0.05) is 25.0 Å². The predicted octanol–water partition coefficient (Wildman–Crippen LogP) is 2.88. The molecule has 1 aromatic carbocycles. The lowest BCUT2D eigenvalue weighted by Gasteiger charge is -2.50. The van der Waals surface area contributed by atoms with Crippen molar-refractivity contribution in [1.29, 1.82) is 0 Å². The van der Waals surface area contributed by atoms with Crippen LogP contribution in [0, 0.1) is 11.7 Å². The van der Waals surface area contributed by atoms with E-state index in [0.717, 1.165) is 31.2 Å². The van der Waals surface area contributed by atoms with Gasteiger partial charge in [-0.05, 0) is 37.0 Å². The maximum absolute atomic E-state index is 13.3. The number of benzene rings is 1. The third-order valence-corrected chi connectivity index (χ3v) is 6.94. The van der Waals surface area contributed by atoms with E-state index in [1.807, 2.05) is 0 Å². The van der Waals surface area contributed by atoms with E-state index in [4.69, 9.17) is 4.74 Å². The molecule has 2 aromatic rings. The van der Waals surface area contributed by atoms with Gasteiger partial charge in [-0.2, -0.15) is 0 Å². The summed E-state index contributed by atoms with van der Waals surface area (Å²) in [5.41, 5.74) is -0.284. The Labute approximate surface area is 184 Å². The summed E-state index contributed by atoms with van der Waals surface area (Å²) in [7, 11) is 0. The zero-order valence-corrected chi connectivity index (χ0v) is 17.6. The van der Waals surface area contributed by atoms with Crippen molar-refractivity contribution in [1.82, 2.24) is 9.47 Å². The van der Waals surface area contributed by atoms with E-state index in [0.29, 0.717) is 13.0 Å². The molecule has 168 valence electrons. The molecule has 0 unspecified atom stereocenters. The Kier molecular flexibility index (Phi) is 5.33. The van der Waals surface area contributed by atoms with Crippen LogP contribution in [0.15, 0.2) is 35.3 Å². The number of pyridine rings is 1. The fraction of sp³-hybridized carbons (Fsp3) is 0.458. The summed E-state index contributed by atoms with van der Waals surface area (Å²) < 4.78 is 20.5. The van der Waals surface area contributed by atoms with Crippen molar-refractivity contribution >= 4 is 11.7 Å². The molecule has 1 aliphatic carbocycles. The molecular weight excluding hydrogens is 415 g/mol. The molecular formula is C24H25FN2O5. The van der Waals surface area contributed by atoms with Crippen LogP contribution in [-0.2, 0) is 17.7 Å². The van der Waals surface area contributed by atoms with Crippen molar-refractivity contribution in [3.63, 3.8) is 0 Å². The van der Waals surface area contributed by atoms with Crippen LogP contribution < -0.4 is 5.43 Å².